The third kappa shape index (κ3) is 4.05. The van der Waals surface area contributed by atoms with E-state index in [2.05, 4.69) is 10.6 Å². The summed E-state index contributed by atoms with van der Waals surface area (Å²) >= 11 is 4.86. The standard InChI is InChI=1S/C10H18N2OS/c1-11-10(14)12-9(13)7-8-5-3-2-4-6-8/h8H,2-7H2,1H3,(H2,11,12,13,14). The van der Waals surface area contributed by atoms with E-state index in [0.29, 0.717) is 17.5 Å². The first-order valence-corrected chi connectivity index (χ1v) is 5.64. The molecule has 80 valence electrons. The van der Waals surface area contributed by atoms with Crippen LogP contribution < -0.4 is 10.6 Å². The van der Waals surface area contributed by atoms with Gasteiger partial charge in [0.1, 0.15) is 0 Å². The quantitative estimate of drug-likeness (QED) is 0.686. The molecule has 1 saturated carbocycles. The summed E-state index contributed by atoms with van der Waals surface area (Å²) < 4.78 is 0. The third-order valence-corrected chi connectivity index (χ3v) is 2.99. The molecule has 3 nitrogen and oxygen atoms in total. The van der Waals surface area contributed by atoms with E-state index in [-0.39, 0.29) is 5.91 Å². The van der Waals surface area contributed by atoms with Gasteiger partial charge in [0.05, 0.1) is 0 Å². The minimum atomic E-state index is 0.0521. The van der Waals surface area contributed by atoms with Gasteiger partial charge in [0.25, 0.3) is 0 Å². The lowest BCUT2D eigenvalue weighted by molar-refractivity contribution is -0.120. The number of nitrogens with one attached hydrogen (secondary N) is 2. The van der Waals surface area contributed by atoms with Crippen LogP contribution in [0.5, 0.6) is 0 Å². The zero-order chi connectivity index (χ0) is 10.4. The maximum absolute atomic E-state index is 11.4. The zero-order valence-corrected chi connectivity index (χ0v) is 9.45. The van der Waals surface area contributed by atoms with E-state index in [9.17, 15) is 4.79 Å². The van der Waals surface area contributed by atoms with E-state index in [1.807, 2.05) is 0 Å². The smallest absolute Gasteiger partial charge is 0.226 e. The van der Waals surface area contributed by atoms with Crippen molar-refractivity contribution in [1.29, 1.82) is 0 Å². The molecule has 0 saturated heterocycles. The van der Waals surface area contributed by atoms with Crippen LogP contribution in [0.15, 0.2) is 0 Å². The fraction of sp³-hybridized carbons (Fsp3) is 0.800. The number of rotatable bonds is 2. The Kier molecular flexibility index (Phi) is 4.87. The molecule has 0 bridgehead atoms. The second-order valence-electron chi connectivity index (χ2n) is 3.84. The Labute approximate surface area is 90.6 Å². The average molecular weight is 214 g/mol. The monoisotopic (exact) mass is 214 g/mol. The minimum absolute atomic E-state index is 0.0521. The third-order valence-electron chi connectivity index (χ3n) is 2.68. The van der Waals surface area contributed by atoms with Crippen LogP contribution in [0.1, 0.15) is 38.5 Å². The second-order valence-corrected chi connectivity index (χ2v) is 4.24. The van der Waals surface area contributed by atoms with Gasteiger partial charge < -0.3 is 10.6 Å². The molecule has 0 aromatic rings. The Bertz CT molecular complexity index is 212. The maximum atomic E-state index is 11.4. The molecule has 0 heterocycles. The number of thiocarbonyl (C=S) groups is 1. The molecular formula is C10H18N2OS. The van der Waals surface area contributed by atoms with Gasteiger partial charge in [0, 0.05) is 13.5 Å². The maximum Gasteiger partial charge on any atom is 0.226 e. The molecule has 0 radical (unpaired) electrons. The van der Waals surface area contributed by atoms with Crippen molar-refractivity contribution in [3.63, 3.8) is 0 Å². The van der Waals surface area contributed by atoms with Gasteiger partial charge in [-0.3, -0.25) is 4.79 Å². The van der Waals surface area contributed by atoms with E-state index in [0.717, 1.165) is 0 Å². The van der Waals surface area contributed by atoms with Gasteiger partial charge in [0.15, 0.2) is 5.11 Å². The first-order valence-electron chi connectivity index (χ1n) is 5.24. The summed E-state index contributed by atoms with van der Waals surface area (Å²) in [5.41, 5.74) is 0. The first-order chi connectivity index (χ1) is 6.72. The summed E-state index contributed by atoms with van der Waals surface area (Å²) in [5.74, 6) is 0.625. The Morgan fingerprint density at radius 3 is 2.57 bits per heavy atom. The van der Waals surface area contributed by atoms with Crippen molar-refractivity contribution in [2.24, 2.45) is 5.92 Å². The topological polar surface area (TPSA) is 41.1 Å². The molecule has 1 aliphatic carbocycles. The van der Waals surface area contributed by atoms with Crippen LogP contribution in [0.4, 0.5) is 0 Å². The van der Waals surface area contributed by atoms with Crippen LogP contribution in [0.25, 0.3) is 0 Å². The Balaban J connectivity index is 2.21. The van der Waals surface area contributed by atoms with Crippen molar-refractivity contribution in [2.75, 3.05) is 7.05 Å². The average Bonchev–Trinajstić information content (AvgIpc) is 2.19. The molecule has 0 atom stereocenters. The molecule has 0 aromatic carbocycles. The Morgan fingerprint density at radius 1 is 1.36 bits per heavy atom. The van der Waals surface area contributed by atoms with Crippen LogP contribution in [0, 0.1) is 5.92 Å². The first kappa shape index (κ1) is 11.4. The number of carbonyl (C=O) groups excluding carboxylic acids is 1. The van der Waals surface area contributed by atoms with Crippen molar-refractivity contribution in [1.82, 2.24) is 10.6 Å². The molecule has 1 rings (SSSR count). The van der Waals surface area contributed by atoms with Gasteiger partial charge in [-0.25, -0.2) is 0 Å². The molecule has 1 fully saturated rings. The van der Waals surface area contributed by atoms with Crippen LogP contribution in [-0.4, -0.2) is 18.1 Å². The highest BCUT2D eigenvalue weighted by molar-refractivity contribution is 7.80. The highest BCUT2D eigenvalue weighted by atomic mass is 32.1. The Morgan fingerprint density at radius 2 is 2.00 bits per heavy atom. The van der Waals surface area contributed by atoms with E-state index >= 15 is 0 Å². The van der Waals surface area contributed by atoms with Gasteiger partial charge in [-0.2, -0.15) is 0 Å². The number of hydrogen-bond acceptors (Lipinski definition) is 2. The summed E-state index contributed by atoms with van der Waals surface area (Å²) in [6.45, 7) is 0. The molecule has 2 N–H and O–H groups in total. The van der Waals surface area contributed by atoms with E-state index in [1.54, 1.807) is 7.05 Å². The molecule has 0 unspecified atom stereocenters. The molecular weight excluding hydrogens is 196 g/mol. The predicted molar refractivity (Wildman–Crippen MR) is 61.0 cm³/mol. The van der Waals surface area contributed by atoms with Gasteiger partial charge >= 0.3 is 0 Å². The van der Waals surface area contributed by atoms with Crippen LogP contribution in [0.3, 0.4) is 0 Å². The van der Waals surface area contributed by atoms with Crippen molar-refractivity contribution >= 4 is 23.2 Å². The van der Waals surface area contributed by atoms with Crippen molar-refractivity contribution in [3.8, 4) is 0 Å². The van der Waals surface area contributed by atoms with Crippen LogP contribution >= 0.6 is 12.2 Å². The van der Waals surface area contributed by atoms with Gasteiger partial charge in [-0.1, -0.05) is 19.3 Å². The molecule has 0 aliphatic heterocycles. The van der Waals surface area contributed by atoms with Crippen LogP contribution in [-0.2, 0) is 4.79 Å². The lowest BCUT2D eigenvalue weighted by Crippen LogP contribution is -2.38. The number of hydrogen-bond donors (Lipinski definition) is 2. The van der Waals surface area contributed by atoms with Crippen molar-refractivity contribution in [3.05, 3.63) is 0 Å². The van der Waals surface area contributed by atoms with Crippen molar-refractivity contribution < 1.29 is 4.79 Å². The highest BCUT2D eigenvalue weighted by Gasteiger charge is 2.17. The molecule has 0 aromatic heterocycles. The summed E-state index contributed by atoms with van der Waals surface area (Å²) in [5, 5.41) is 5.81. The lowest BCUT2D eigenvalue weighted by atomic mass is 9.87. The second kappa shape index (κ2) is 5.96. The molecule has 14 heavy (non-hydrogen) atoms. The summed E-state index contributed by atoms with van der Waals surface area (Å²) in [7, 11) is 1.71. The molecule has 1 amide bonds. The minimum Gasteiger partial charge on any atom is -0.365 e. The summed E-state index contributed by atoms with van der Waals surface area (Å²) in [6, 6.07) is 0. The fourth-order valence-electron chi connectivity index (χ4n) is 1.89. The van der Waals surface area contributed by atoms with Gasteiger partial charge in [-0.05, 0) is 31.0 Å². The van der Waals surface area contributed by atoms with E-state index in [1.165, 1.54) is 32.1 Å². The highest BCUT2D eigenvalue weighted by Crippen LogP contribution is 2.25. The lowest BCUT2D eigenvalue weighted by Gasteiger charge is -2.20. The number of amides is 1. The van der Waals surface area contributed by atoms with Crippen molar-refractivity contribution in [2.45, 2.75) is 38.5 Å². The molecule has 1 aliphatic rings. The van der Waals surface area contributed by atoms with E-state index in [4.69, 9.17) is 12.2 Å². The zero-order valence-electron chi connectivity index (χ0n) is 8.64. The van der Waals surface area contributed by atoms with Gasteiger partial charge in [0.2, 0.25) is 5.91 Å². The van der Waals surface area contributed by atoms with Gasteiger partial charge in [-0.15, -0.1) is 0 Å². The van der Waals surface area contributed by atoms with E-state index < -0.39 is 0 Å². The van der Waals surface area contributed by atoms with Crippen LogP contribution in [0.2, 0.25) is 0 Å². The summed E-state index contributed by atoms with van der Waals surface area (Å²) in [4.78, 5) is 11.4. The molecule has 0 spiro atoms. The summed E-state index contributed by atoms with van der Waals surface area (Å²) in [6.07, 6.45) is 6.89. The normalized spacial score (nSPS) is 17.5. The predicted octanol–water partition coefficient (Wildman–Crippen LogP) is 1.58. The SMILES string of the molecule is CNC(=S)NC(=O)CC1CCCCC1. The largest absolute Gasteiger partial charge is 0.365 e. The Hall–Kier alpha value is -0.640. The fourth-order valence-corrected chi connectivity index (χ4v) is 2.01. The molecule has 4 heteroatoms. The number of carbonyl (C=O) groups is 1.